The molecule has 7 nitrogen and oxygen atoms in total. The molecule has 0 saturated carbocycles. The van der Waals surface area contributed by atoms with Crippen LogP contribution in [0.4, 0.5) is 0 Å². The first-order valence-electron chi connectivity index (χ1n) is 9.40. The van der Waals surface area contributed by atoms with Crippen molar-refractivity contribution in [1.82, 2.24) is 15.2 Å². The first kappa shape index (κ1) is 19.7. The number of likely N-dealkylation sites (tertiary alicyclic amines) is 1. The number of aromatic nitrogens is 1. The number of carbonyl (C=O) groups is 2. The van der Waals surface area contributed by atoms with E-state index in [1.807, 2.05) is 44.2 Å². The third-order valence-electron chi connectivity index (χ3n) is 4.28. The molecular weight excluding hydrogens is 358 g/mol. The van der Waals surface area contributed by atoms with Gasteiger partial charge in [-0.05, 0) is 32.0 Å². The Morgan fingerprint density at radius 3 is 2.71 bits per heavy atom. The Labute approximate surface area is 164 Å². The number of benzene rings is 1. The molecule has 1 aromatic heterocycles. The highest BCUT2D eigenvalue weighted by Gasteiger charge is 2.30. The molecule has 0 radical (unpaired) electrons. The molecular formula is C21H25N3O4. The second-order valence-electron chi connectivity index (χ2n) is 6.93. The van der Waals surface area contributed by atoms with Gasteiger partial charge in [0.1, 0.15) is 12.4 Å². The topological polar surface area (TPSA) is 80.8 Å². The summed E-state index contributed by atoms with van der Waals surface area (Å²) in [5, 5.41) is 2.90. The number of carbonyl (C=O) groups excluding carboxylic acids is 2. The van der Waals surface area contributed by atoms with Crippen LogP contribution in [0.3, 0.4) is 0 Å². The second-order valence-corrected chi connectivity index (χ2v) is 6.93. The van der Waals surface area contributed by atoms with Crippen LogP contribution >= 0.6 is 0 Å². The number of hydrogen-bond donors (Lipinski definition) is 1. The summed E-state index contributed by atoms with van der Waals surface area (Å²) in [5.74, 6) is 1.02. The van der Waals surface area contributed by atoms with Gasteiger partial charge in [-0.1, -0.05) is 18.2 Å². The Bertz CT molecular complexity index is 793. The zero-order valence-electron chi connectivity index (χ0n) is 16.1. The van der Waals surface area contributed by atoms with E-state index in [2.05, 4.69) is 10.3 Å². The Hall–Kier alpha value is -3.09. The highest BCUT2D eigenvalue weighted by Crippen LogP contribution is 2.14. The number of pyridine rings is 1. The molecule has 0 bridgehead atoms. The highest BCUT2D eigenvalue weighted by molar-refractivity contribution is 5.94. The molecule has 1 saturated heterocycles. The lowest BCUT2D eigenvalue weighted by Crippen LogP contribution is -2.38. The molecule has 7 heteroatoms. The lowest BCUT2D eigenvalue weighted by Gasteiger charge is -2.17. The van der Waals surface area contributed by atoms with E-state index < -0.39 is 0 Å². The standard InChI is InChI=1S/C21H25N3O4/c1-15(2)28-19-9-8-16(13-22-19)21(26)23-17-12-20(25)24(14-17)10-11-27-18-6-4-3-5-7-18/h3-9,13,15,17H,10-12,14H2,1-2H3,(H,23,26)/t17-/m0/s1. The minimum absolute atomic E-state index is 0.0146. The third kappa shape index (κ3) is 5.45. The molecule has 1 N–H and O–H groups in total. The maximum atomic E-state index is 12.4. The second kappa shape index (κ2) is 9.21. The molecule has 2 amide bonds. The molecule has 1 aromatic carbocycles. The van der Waals surface area contributed by atoms with Crippen LogP contribution in [0.25, 0.3) is 0 Å². The van der Waals surface area contributed by atoms with Crippen LogP contribution < -0.4 is 14.8 Å². The summed E-state index contributed by atoms with van der Waals surface area (Å²) in [5.41, 5.74) is 0.439. The van der Waals surface area contributed by atoms with Crippen molar-refractivity contribution in [2.24, 2.45) is 0 Å². The van der Waals surface area contributed by atoms with Gasteiger partial charge in [0.05, 0.1) is 24.3 Å². The highest BCUT2D eigenvalue weighted by atomic mass is 16.5. The fourth-order valence-corrected chi connectivity index (χ4v) is 2.97. The molecule has 0 unspecified atom stereocenters. The zero-order valence-corrected chi connectivity index (χ0v) is 16.1. The minimum atomic E-state index is -0.246. The molecule has 1 aliphatic heterocycles. The van der Waals surface area contributed by atoms with Crippen LogP contribution in [0.1, 0.15) is 30.6 Å². The van der Waals surface area contributed by atoms with Crippen LogP contribution in [0, 0.1) is 0 Å². The van der Waals surface area contributed by atoms with Gasteiger partial charge in [0.25, 0.3) is 5.91 Å². The average molecular weight is 383 g/mol. The number of rotatable bonds is 8. The monoisotopic (exact) mass is 383 g/mol. The summed E-state index contributed by atoms with van der Waals surface area (Å²) >= 11 is 0. The smallest absolute Gasteiger partial charge is 0.253 e. The summed E-state index contributed by atoms with van der Waals surface area (Å²) in [7, 11) is 0. The number of nitrogens with zero attached hydrogens (tertiary/aromatic N) is 2. The predicted molar refractivity (Wildman–Crippen MR) is 104 cm³/mol. The van der Waals surface area contributed by atoms with Gasteiger partial charge in [-0.15, -0.1) is 0 Å². The first-order valence-corrected chi connectivity index (χ1v) is 9.40. The lowest BCUT2D eigenvalue weighted by molar-refractivity contribution is -0.128. The van der Waals surface area contributed by atoms with E-state index in [-0.39, 0.29) is 24.0 Å². The van der Waals surface area contributed by atoms with Crippen molar-refractivity contribution in [3.05, 3.63) is 54.2 Å². The van der Waals surface area contributed by atoms with Gasteiger partial charge in [0.15, 0.2) is 0 Å². The molecule has 0 aliphatic carbocycles. The predicted octanol–water partition coefficient (Wildman–Crippen LogP) is 2.28. The third-order valence-corrected chi connectivity index (χ3v) is 4.28. The summed E-state index contributed by atoms with van der Waals surface area (Å²) < 4.78 is 11.1. The molecule has 3 rings (SSSR count). The van der Waals surface area contributed by atoms with E-state index in [1.54, 1.807) is 17.0 Å². The van der Waals surface area contributed by atoms with Crippen molar-refractivity contribution in [2.75, 3.05) is 19.7 Å². The maximum absolute atomic E-state index is 12.4. The summed E-state index contributed by atoms with van der Waals surface area (Å²) in [6.07, 6.45) is 1.79. The van der Waals surface area contributed by atoms with Gasteiger partial charge in [0.2, 0.25) is 11.8 Å². The number of para-hydroxylation sites is 1. The van der Waals surface area contributed by atoms with E-state index in [0.717, 1.165) is 5.75 Å². The van der Waals surface area contributed by atoms with E-state index in [9.17, 15) is 9.59 Å². The van der Waals surface area contributed by atoms with E-state index in [0.29, 0.717) is 37.6 Å². The molecule has 1 aliphatic rings. The van der Waals surface area contributed by atoms with E-state index in [1.165, 1.54) is 6.20 Å². The molecule has 1 fully saturated rings. The van der Waals surface area contributed by atoms with Crippen molar-refractivity contribution < 1.29 is 19.1 Å². The fraction of sp³-hybridized carbons (Fsp3) is 0.381. The first-order chi connectivity index (χ1) is 13.5. The van der Waals surface area contributed by atoms with Gasteiger partial charge >= 0.3 is 0 Å². The molecule has 2 heterocycles. The largest absolute Gasteiger partial charge is 0.492 e. The quantitative estimate of drug-likeness (QED) is 0.756. The Morgan fingerprint density at radius 1 is 1.25 bits per heavy atom. The molecule has 2 aromatic rings. The Kier molecular flexibility index (Phi) is 6.47. The van der Waals surface area contributed by atoms with Gasteiger partial charge in [0, 0.05) is 25.2 Å². The molecule has 28 heavy (non-hydrogen) atoms. The van der Waals surface area contributed by atoms with Crippen LogP contribution in [-0.2, 0) is 4.79 Å². The minimum Gasteiger partial charge on any atom is -0.492 e. The van der Waals surface area contributed by atoms with Gasteiger partial charge in [-0.25, -0.2) is 4.98 Å². The van der Waals surface area contributed by atoms with Crippen LogP contribution in [0.15, 0.2) is 48.7 Å². The molecule has 1 atom stereocenters. The van der Waals surface area contributed by atoms with E-state index in [4.69, 9.17) is 9.47 Å². The van der Waals surface area contributed by atoms with Crippen molar-refractivity contribution in [1.29, 1.82) is 0 Å². The summed E-state index contributed by atoms with van der Waals surface area (Å²) in [6, 6.07) is 12.6. The normalized spacial score (nSPS) is 16.3. The zero-order chi connectivity index (χ0) is 19.9. The van der Waals surface area contributed by atoms with Crippen LogP contribution in [0.2, 0.25) is 0 Å². The SMILES string of the molecule is CC(C)Oc1ccc(C(=O)N[C@H]2CC(=O)N(CCOc3ccccc3)C2)cn1. The van der Waals surface area contributed by atoms with Gasteiger partial charge < -0.3 is 19.7 Å². The van der Waals surface area contributed by atoms with Crippen molar-refractivity contribution in [2.45, 2.75) is 32.4 Å². The Morgan fingerprint density at radius 2 is 2.04 bits per heavy atom. The number of amides is 2. The van der Waals surface area contributed by atoms with Crippen molar-refractivity contribution >= 4 is 11.8 Å². The number of hydrogen-bond acceptors (Lipinski definition) is 5. The average Bonchev–Trinajstić information content (AvgIpc) is 3.02. The maximum Gasteiger partial charge on any atom is 0.253 e. The molecule has 148 valence electrons. The lowest BCUT2D eigenvalue weighted by atomic mass is 10.2. The van der Waals surface area contributed by atoms with E-state index >= 15 is 0 Å². The van der Waals surface area contributed by atoms with Crippen molar-refractivity contribution in [3.8, 4) is 11.6 Å². The van der Waals surface area contributed by atoms with Crippen molar-refractivity contribution in [3.63, 3.8) is 0 Å². The van der Waals surface area contributed by atoms with Crippen LogP contribution in [0.5, 0.6) is 11.6 Å². The summed E-state index contributed by atoms with van der Waals surface area (Å²) in [4.78, 5) is 30.4. The Balaban J connectivity index is 1.46. The molecule has 0 spiro atoms. The summed E-state index contributed by atoms with van der Waals surface area (Å²) in [6.45, 7) is 5.21. The van der Waals surface area contributed by atoms with Gasteiger partial charge in [-0.3, -0.25) is 9.59 Å². The van der Waals surface area contributed by atoms with Crippen LogP contribution in [-0.4, -0.2) is 53.5 Å². The fourth-order valence-electron chi connectivity index (χ4n) is 2.97. The number of nitrogens with one attached hydrogen (secondary N) is 1. The van der Waals surface area contributed by atoms with Gasteiger partial charge in [-0.2, -0.15) is 0 Å². The number of ether oxygens (including phenoxy) is 2.